The van der Waals surface area contributed by atoms with Gasteiger partial charge in [-0.3, -0.25) is 9.91 Å². The molecule has 1 unspecified atom stereocenters. The third kappa shape index (κ3) is 2.96. The van der Waals surface area contributed by atoms with Crippen LogP contribution in [0.25, 0.3) is 0 Å². The maximum Gasteiger partial charge on any atom is 0.355 e. The van der Waals surface area contributed by atoms with E-state index in [1.807, 2.05) is 18.0 Å². The number of hydrazine groups is 1. The van der Waals surface area contributed by atoms with Crippen LogP contribution in [0.2, 0.25) is 0 Å². The van der Waals surface area contributed by atoms with Crippen LogP contribution in [0.5, 0.6) is 0 Å². The SMILES string of the molecule is CCc1sc(N2C=C(C)C(c3ccccc3)(N3CCCC3)N2)nc1C(=O)O. The van der Waals surface area contributed by atoms with Crippen molar-refractivity contribution in [2.75, 3.05) is 18.1 Å². The van der Waals surface area contributed by atoms with Crippen LogP contribution in [0.1, 0.15) is 47.6 Å². The zero-order valence-electron chi connectivity index (χ0n) is 15.6. The zero-order chi connectivity index (χ0) is 19.0. The standard InChI is InChI=1S/C20H24N4O2S/c1-3-16-17(18(25)26)21-19(27-16)24-13-14(2)20(22-24,23-11-7-8-12-23)15-9-5-4-6-10-15/h4-6,9-10,13,22H,3,7-8,11-12H2,1-2H3,(H,25,26). The van der Waals surface area contributed by atoms with Crippen molar-refractivity contribution in [1.82, 2.24) is 15.3 Å². The second-order valence-corrected chi connectivity index (χ2v) is 8.05. The lowest BCUT2D eigenvalue weighted by atomic mass is 9.92. The molecule has 0 spiro atoms. The van der Waals surface area contributed by atoms with Gasteiger partial charge in [0.15, 0.2) is 5.69 Å². The Morgan fingerprint density at radius 3 is 2.59 bits per heavy atom. The summed E-state index contributed by atoms with van der Waals surface area (Å²) in [5.74, 6) is -0.969. The van der Waals surface area contributed by atoms with E-state index in [4.69, 9.17) is 0 Å². The number of hydrogen-bond donors (Lipinski definition) is 2. The van der Waals surface area contributed by atoms with Crippen molar-refractivity contribution in [3.63, 3.8) is 0 Å². The molecular formula is C20H24N4O2S. The summed E-state index contributed by atoms with van der Waals surface area (Å²) >= 11 is 1.43. The van der Waals surface area contributed by atoms with Crippen molar-refractivity contribution in [1.29, 1.82) is 0 Å². The number of aromatic carboxylic acids is 1. The number of thiazole rings is 1. The topological polar surface area (TPSA) is 68.7 Å². The van der Waals surface area contributed by atoms with Crippen molar-refractivity contribution >= 4 is 22.4 Å². The highest BCUT2D eigenvalue weighted by atomic mass is 32.1. The summed E-state index contributed by atoms with van der Waals surface area (Å²) in [6.45, 7) is 6.14. The van der Waals surface area contributed by atoms with Gasteiger partial charge in [-0.15, -0.1) is 0 Å². The molecule has 2 aliphatic heterocycles. The Balaban J connectivity index is 1.75. The van der Waals surface area contributed by atoms with Crippen LogP contribution in [0.15, 0.2) is 42.1 Å². The summed E-state index contributed by atoms with van der Waals surface area (Å²) in [5.41, 5.74) is 5.76. The van der Waals surface area contributed by atoms with Crippen LogP contribution < -0.4 is 10.4 Å². The number of benzene rings is 1. The molecule has 1 aromatic heterocycles. The van der Waals surface area contributed by atoms with E-state index in [9.17, 15) is 9.90 Å². The molecule has 1 fully saturated rings. The largest absolute Gasteiger partial charge is 0.476 e. The van der Waals surface area contributed by atoms with Gasteiger partial charge in [0.1, 0.15) is 5.66 Å². The normalized spacial score (nSPS) is 23.0. The van der Waals surface area contributed by atoms with Crippen LogP contribution in [0.3, 0.4) is 0 Å². The molecule has 2 N–H and O–H groups in total. The smallest absolute Gasteiger partial charge is 0.355 e. The maximum absolute atomic E-state index is 11.5. The van der Waals surface area contributed by atoms with Crippen LogP contribution >= 0.6 is 11.3 Å². The van der Waals surface area contributed by atoms with Gasteiger partial charge in [0, 0.05) is 24.2 Å². The third-order valence-electron chi connectivity index (χ3n) is 5.36. The minimum Gasteiger partial charge on any atom is -0.476 e. The van der Waals surface area contributed by atoms with Crippen molar-refractivity contribution in [3.8, 4) is 0 Å². The molecule has 7 heteroatoms. The fourth-order valence-electron chi connectivity index (χ4n) is 4.06. The fourth-order valence-corrected chi connectivity index (χ4v) is 4.99. The molecule has 0 saturated carbocycles. The van der Waals surface area contributed by atoms with E-state index in [-0.39, 0.29) is 5.69 Å². The van der Waals surface area contributed by atoms with Crippen molar-refractivity contribution < 1.29 is 9.90 Å². The molecule has 3 heterocycles. The first-order valence-corrected chi connectivity index (χ1v) is 10.2. The average molecular weight is 385 g/mol. The minimum absolute atomic E-state index is 0.156. The molecule has 0 bridgehead atoms. The Morgan fingerprint density at radius 2 is 2.00 bits per heavy atom. The Labute approximate surface area is 163 Å². The molecule has 0 aliphatic carbocycles. The van der Waals surface area contributed by atoms with Crippen molar-refractivity contribution in [2.45, 2.75) is 38.8 Å². The van der Waals surface area contributed by atoms with Crippen molar-refractivity contribution in [2.24, 2.45) is 0 Å². The van der Waals surface area contributed by atoms with E-state index in [0.717, 1.165) is 18.0 Å². The van der Waals surface area contributed by atoms with Gasteiger partial charge in [0.2, 0.25) is 5.13 Å². The zero-order valence-corrected chi connectivity index (χ0v) is 16.4. The van der Waals surface area contributed by atoms with Crippen molar-refractivity contribution in [3.05, 3.63) is 58.2 Å². The molecule has 2 aromatic rings. The number of aromatic nitrogens is 1. The number of hydrogen-bond acceptors (Lipinski definition) is 6. The number of rotatable bonds is 5. The Bertz CT molecular complexity index is 873. The second-order valence-electron chi connectivity index (χ2n) is 6.99. The first-order chi connectivity index (χ1) is 13.1. The lowest BCUT2D eigenvalue weighted by molar-refractivity contribution is 0.0690. The first kappa shape index (κ1) is 18.2. The summed E-state index contributed by atoms with van der Waals surface area (Å²) in [7, 11) is 0. The lowest BCUT2D eigenvalue weighted by Crippen LogP contribution is -2.56. The number of nitrogens with zero attached hydrogens (tertiary/aromatic N) is 3. The van der Waals surface area contributed by atoms with E-state index >= 15 is 0 Å². The molecule has 1 aromatic carbocycles. The highest BCUT2D eigenvalue weighted by molar-refractivity contribution is 7.15. The number of likely N-dealkylation sites (tertiary alicyclic amines) is 1. The molecular weight excluding hydrogens is 360 g/mol. The lowest BCUT2D eigenvalue weighted by Gasteiger charge is -2.41. The van der Waals surface area contributed by atoms with Gasteiger partial charge in [-0.25, -0.2) is 9.78 Å². The van der Waals surface area contributed by atoms with Gasteiger partial charge < -0.3 is 5.11 Å². The molecule has 142 valence electrons. The fraction of sp³-hybridized carbons (Fsp3) is 0.400. The van der Waals surface area contributed by atoms with Gasteiger partial charge in [0.25, 0.3) is 0 Å². The van der Waals surface area contributed by atoms with E-state index in [1.165, 1.54) is 35.3 Å². The average Bonchev–Trinajstić information content (AvgIpc) is 3.40. The number of carboxylic acids is 1. The second kappa shape index (κ2) is 7.07. The van der Waals surface area contributed by atoms with E-state index < -0.39 is 11.6 Å². The number of carboxylic acid groups (broad SMARTS) is 1. The number of aryl methyl sites for hydroxylation is 1. The summed E-state index contributed by atoms with van der Waals surface area (Å²) in [4.78, 5) is 19.2. The van der Waals surface area contributed by atoms with E-state index in [1.54, 1.807) is 0 Å². The molecule has 1 atom stereocenters. The maximum atomic E-state index is 11.5. The molecule has 2 aliphatic rings. The molecule has 0 radical (unpaired) electrons. The molecule has 0 amide bonds. The third-order valence-corrected chi connectivity index (χ3v) is 6.56. The summed E-state index contributed by atoms with van der Waals surface area (Å²) in [6, 6.07) is 10.4. The van der Waals surface area contributed by atoms with Crippen LogP contribution in [0.4, 0.5) is 5.13 Å². The van der Waals surface area contributed by atoms with Gasteiger partial charge >= 0.3 is 5.97 Å². The monoisotopic (exact) mass is 384 g/mol. The summed E-state index contributed by atoms with van der Waals surface area (Å²) in [6.07, 6.45) is 5.08. The first-order valence-electron chi connectivity index (χ1n) is 9.35. The number of anilines is 1. The Morgan fingerprint density at radius 1 is 1.30 bits per heavy atom. The van der Waals surface area contributed by atoms with Gasteiger partial charge in [-0.2, -0.15) is 5.43 Å². The minimum atomic E-state index is -0.969. The van der Waals surface area contributed by atoms with E-state index in [0.29, 0.717) is 11.6 Å². The van der Waals surface area contributed by atoms with Gasteiger partial charge in [0.05, 0.1) is 0 Å². The van der Waals surface area contributed by atoms with Crippen LogP contribution in [0, 0.1) is 0 Å². The van der Waals surface area contributed by atoms with Crippen LogP contribution in [-0.2, 0) is 12.1 Å². The molecule has 6 nitrogen and oxygen atoms in total. The van der Waals surface area contributed by atoms with Crippen LogP contribution in [-0.4, -0.2) is 34.0 Å². The number of nitrogens with one attached hydrogen (secondary N) is 1. The van der Waals surface area contributed by atoms with Gasteiger partial charge in [-0.05, 0) is 37.3 Å². The highest BCUT2D eigenvalue weighted by Crippen LogP contribution is 2.41. The van der Waals surface area contributed by atoms with E-state index in [2.05, 4.69) is 52.7 Å². The number of carbonyl (C=O) groups is 1. The molecule has 4 rings (SSSR count). The summed E-state index contributed by atoms with van der Waals surface area (Å²) in [5, 5.41) is 12.0. The quantitative estimate of drug-likeness (QED) is 0.821. The van der Waals surface area contributed by atoms with Gasteiger partial charge in [-0.1, -0.05) is 48.6 Å². The Hall–Kier alpha value is -2.22. The predicted octanol–water partition coefficient (Wildman–Crippen LogP) is 3.58. The predicted molar refractivity (Wildman–Crippen MR) is 107 cm³/mol. The Kier molecular flexibility index (Phi) is 4.75. The highest BCUT2D eigenvalue weighted by Gasteiger charge is 2.46. The summed E-state index contributed by atoms with van der Waals surface area (Å²) < 4.78 is 0. The molecule has 1 saturated heterocycles. The molecule has 27 heavy (non-hydrogen) atoms.